The molecule has 0 radical (unpaired) electrons. The van der Waals surface area contributed by atoms with Crippen LogP contribution in [-0.4, -0.2) is 47.1 Å². The van der Waals surface area contributed by atoms with Gasteiger partial charge in [0.05, 0.1) is 12.7 Å². The minimum absolute atomic E-state index is 0.421. The van der Waals surface area contributed by atoms with Crippen LogP contribution < -0.4 is 0 Å². The first-order valence-corrected chi connectivity index (χ1v) is 8.82. The molecule has 1 aromatic heterocycles. The molecule has 2 heterocycles. The quantitative estimate of drug-likeness (QED) is 0.771. The Bertz CT molecular complexity index is 366. The number of piperidine rings is 1. The summed E-state index contributed by atoms with van der Waals surface area (Å²) in [5, 5.41) is 0.773. The maximum Gasteiger partial charge on any atom is 0.0735 e. The van der Waals surface area contributed by atoms with Gasteiger partial charge in [-0.15, -0.1) is 0 Å². The Kier molecular flexibility index (Phi) is 6.83. The monoisotopic (exact) mass is 294 g/mol. The number of hydrogen-bond acceptors (Lipinski definition) is 4. The van der Waals surface area contributed by atoms with Crippen molar-refractivity contribution in [3.8, 4) is 0 Å². The largest absolute Gasteiger partial charge is 0.373 e. The van der Waals surface area contributed by atoms with Crippen molar-refractivity contribution >= 4 is 11.8 Å². The van der Waals surface area contributed by atoms with Gasteiger partial charge in [0.1, 0.15) is 0 Å². The third kappa shape index (κ3) is 5.43. The molecule has 0 aromatic carbocycles. The molecule has 4 heteroatoms. The summed E-state index contributed by atoms with van der Waals surface area (Å²) in [4.78, 5) is 6.70. The molecule has 112 valence electrons. The Balaban J connectivity index is 1.62. The standard InChI is InChI=1S/C16H26N2OS/c1-14(20-2)5-9-18-10-6-16(7-11-18)19-13-15-4-3-8-17-12-15/h3-4,8,12,14,16H,5-7,9-11,13H2,1-2H3/t14-/m1/s1. The average molecular weight is 294 g/mol. The Morgan fingerprint density at radius 1 is 1.45 bits per heavy atom. The summed E-state index contributed by atoms with van der Waals surface area (Å²) in [5.41, 5.74) is 1.17. The Morgan fingerprint density at radius 2 is 2.25 bits per heavy atom. The average Bonchev–Trinajstić information content (AvgIpc) is 2.52. The van der Waals surface area contributed by atoms with Gasteiger partial charge in [-0.05, 0) is 43.7 Å². The fourth-order valence-electron chi connectivity index (χ4n) is 2.48. The Morgan fingerprint density at radius 3 is 2.90 bits per heavy atom. The molecular formula is C16H26N2OS. The zero-order valence-electron chi connectivity index (χ0n) is 12.6. The van der Waals surface area contributed by atoms with Crippen LogP contribution in [0.2, 0.25) is 0 Å². The van der Waals surface area contributed by atoms with Crippen molar-refractivity contribution < 1.29 is 4.74 Å². The maximum atomic E-state index is 5.99. The lowest BCUT2D eigenvalue weighted by atomic mass is 10.1. The first kappa shape index (κ1) is 15.8. The molecule has 1 aliphatic heterocycles. The second-order valence-electron chi connectivity index (χ2n) is 5.55. The van der Waals surface area contributed by atoms with Crippen LogP contribution in [0.1, 0.15) is 31.7 Å². The van der Waals surface area contributed by atoms with Gasteiger partial charge < -0.3 is 9.64 Å². The predicted molar refractivity (Wildman–Crippen MR) is 86.1 cm³/mol. The molecule has 0 bridgehead atoms. The van der Waals surface area contributed by atoms with Crippen molar-refractivity contribution in [2.75, 3.05) is 25.9 Å². The summed E-state index contributed by atoms with van der Waals surface area (Å²) >= 11 is 1.96. The second-order valence-corrected chi connectivity index (χ2v) is 6.82. The fraction of sp³-hybridized carbons (Fsp3) is 0.688. The van der Waals surface area contributed by atoms with Crippen LogP contribution in [-0.2, 0) is 11.3 Å². The Labute approximate surface area is 127 Å². The van der Waals surface area contributed by atoms with E-state index in [-0.39, 0.29) is 0 Å². The highest BCUT2D eigenvalue weighted by atomic mass is 32.2. The van der Waals surface area contributed by atoms with Crippen LogP contribution in [0.5, 0.6) is 0 Å². The molecule has 1 fully saturated rings. The molecule has 20 heavy (non-hydrogen) atoms. The van der Waals surface area contributed by atoms with E-state index in [9.17, 15) is 0 Å². The normalized spacial score (nSPS) is 19.1. The third-order valence-corrected chi connectivity index (χ3v) is 5.04. The zero-order chi connectivity index (χ0) is 14.2. The molecule has 0 spiro atoms. The summed E-state index contributed by atoms with van der Waals surface area (Å²) in [6.07, 6.45) is 9.92. The van der Waals surface area contributed by atoms with Crippen LogP contribution in [0.4, 0.5) is 0 Å². The van der Waals surface area contributed by atoms with E-state index in [1.54, 1.807) is 6.20 Å². The molecule has 1 aliphatic rings. The number of aromatic nitrogens is 1. The first-order chi connectivity index (χ1) is 9.78. The van der Waals surface area contributed by atoms with Gasteiger partial charge >= 0.3 is 0 Å². The molecule has 0 N–H and O–H groups in total. The summed E-state index contributed by atoms with van der Waals surface area (Å²) in [6.45, 7) is 6.60. The van der Waals surface area contributed by atoms with Crippen LogP contribution >= 0.6 is 11.8 Å². The molecule has 0 saturated carbocycles. The van der Waals surface area contributed by atoms with Gasteiger partial charge in [0.2, 0.25) is 0 Å². The highest BCUT2D eigenvalue weighted by molar-refractivity contribution is 7.99. The van der Waals surface area contributed by atoms with Crippen molar-refractivity contribution in [1.29, 1.82) is 0 Å². The van der Waals surface area contributed by atoms with Crippen LogP contribution in [0.15, 0.2) is 24.5 Å². The van der Waals surface area contributed by atoms with Crippen LogP contribution in [0.25, 0.3) is 0 Å². The molecule has 0 aliphatic carbocycles. The van der Waals surface area contributed by atoms with Crippen molar-refractivity contribution in [1.82, 2.24) is 9.88 Å². The van der Waals surface area contributed by atoms with Crippen molar-refractivity contribution in [2.24, 2.45) is 0 Å². The van der Waals surface area contributed by atoms with E-state index in [2.05, 4.69) is 29.1 Å². The topological polar surface area (TPSA) is 25.4 Å². The molecule has 0 amide bonds. The lowest BCUT2D eigenvalue weighted by Gasteiger charge is -2.32. The number of pyridine rings is 1. The Hall–Kier alpha value is -0.580. The molecule has 1 saturated heterocycles. The van der Waals surface area contributed by atoms with Gasteiger partial charge in [0, 0.05) is 30.7 Å². The maximum absolute atomic E-state index is 5.99. The smallest absolute Gasteiger partial charge is 0.0735 e. The molecule has 1 atom stereocenters. The lowest BCUT2D eigenvalue weighted by molar-refractivity contribution is -0.00261. The predicted octanol–water partition coefficient (Wildman–Crippen LogP) is 3.20. The van der Waals surface area contributed by atoms with E-state index in [0.717, 1.165) is 18.1 Å². The van der Waals surface area contributed by atoms with Gasteiger partial charge in [-0.25, -0.2) is 0 Å². The number of ether oxygens (including phenoxy) is 1. The fourth-order valence-corrected chi connectivity index (χ4v) is 2.82. The molecule has 2 rings (SSSR count). The number of likely N-dealkylation sites (tertiary alicyclic amines) is 1. The molecule has 0 unspecified atom stereocenters. The first-order valence-electron chi connectivity index (χ1n) is 7.53. The van der Waals surface area contributed by atoms with Crippen molar-refractivity contribution in [3.63, 3.8) is 0 Å². The van der Waals surface area contributed by atoms with E-state index >= 15 is 0 Å². The molecule has 1 aromatic rings. The van der Waals surface area contributed by atoms with Gasteiger partial charge in [0.25, 0.3) is 0 Å². The molecular weight excluding hydrogens is 268 g/mol. The summed E-state index contributed by atoms with van der Waals surface area (Å²) in [7, 11) is 0. The van der Waals surface area contributed by atoms with Crippen molar-refractivity contribution in [3.05, 3.63) is 30.1 Å². The van der Waals surface area contributed by atoms with Crippen LogP contribution in [0.3, 0.4) is 0 Å². The van der Waals surface area contributed by atoms with Gasteiger partial charge in [-0.1, -0.05) is 13.0 Å². The number of rotatable bonds is 7. The number of thioether (sulfide) groups is 1. The third-order valence-electron chi connectivity index (χ3n) is 4.00. The lowest BCUT2D eigenvalue weighted by Crippen LogP contribution is -2.38. The van der Waals surface area contributed by atoms with Gasteiger partial charge in [-0.3, -0.25) is 4.98 Å². The summed E-state index contributed by atoms with van der Waals surface area (Å²) in [6, 6.07) is 4.04. The van der Waals surface area contributed by atoms with E-state index in [0.29, 0.717) is 12.7 Å². The highest BCUT2D eigenvalue weighted by Gasteiger charge is 2.19. The highest BCUT2D eigenvalue weighted by Crippen LogP contribution is 2.17. The molecule has 3 nitrogen and oxygen atoms in total. The van der Waals surface area contributed by atoms with Gasteiger partial charge in [-0.2, -0.15) is 11.8 Å². The summed E-state index contributed by atoms with van der Waals surface area (Å²) in [5.74, 6) is 0. The van der Waals surface area contributed by atoms with E-state index in [4.69, 9.17) is 4.74 Å². The van der Waals surface area contributed by atoms with Gasteiger partial charge in [0.15, 0.2) is 0 Å². The van der Waals surface area contributed by atoms with Crippen molar-refractivity contribution in [2.45, 2.75) is 44.1 Å². The van der Waals surface area contributed by atoms with E-state index in [1.165, 1.54) is 31.6 Å². The second kappa shape index (κ2) is 8.65. The minimum atomic E-state index is 0.421. The van der Waals surface area contributed by atoms with E-state index in [1.807, 2.05) is 24.0 Å². The minimum Gasteiger partial charge on any atom is -0.373 e. The SMILES string of the molecule is CS[C@H](C)CCN1CCC(OCc2cccnc2)CC1. The van der Waals surface area contributed by atoms with E-state index < -0.39 is 0 Å². The summed E-state index contributed by atoms with van der Waals surface area (Å²) < 4.78 is 5.99. The van der Waals surface area contributed by atoms with Crippen LogP contribution in [0, 0.1) is 0 Å². The number of nitrogens with zero attached hydrogens (tertiary/aromatic N) is 2. The number of hydrogen-bond donors (Lipinski definition) is 0. The zero-order valence-corrected chi connectivity index (χ0v) is 13.4.